The summed E-state index contributed by atoms with van der Waals surface area (Å²) in [5.41, 5.74) is 1.01. The van der Waals surface area contributed by atoms with Gasteiger partial charge in [-0.15, -0.1) is 6.42 Å². The summed E-state index contributed by atoms with van der Waals surface area (Å²) in [7, 11) is 0. The van der Waals surface area contributed by atoms with Crippen LogP contribution in [-0.2, 0) is 0 Å². The molecule has 0 aliphatic rings. The molecule has 0 saturated carbocycles. The number of benzene rings is 2. The van der Waals surface area contributed by atoms with Gasteiger partial charge in [-0.25, -0.2) is 0 Å². The van der Waals surface area contributed by atoms with Crippen molar-refractivity contribution in [3.8, 4) is 23.8 Å². The normalized spacial score (nSPS) is 11.5. The molecule has 84 valence electrons. The lowest BCUT2D eigenvalue weighted by molar-refractivity contribution is 0.482. The van der Waals surface area contributed by atoms with E-state index in [0.29, 0.717) is 0 Å². The maximum Gasteiger partial charge on any atom is 0.127 e. The van der Waals surface area contributed by atoms with Gasteiger partial charge in [-0.1, -0.05) is 52.2 Å². The molecule has 1 atom stereocenters. The van der Waals surface area contributed by atoms with Crippen molar-refractivity contribution in [2.45, 2.75) is 4.83 Å². The summed E-state index contributed by atoms with van der Waals surface area (Å²) in [6, 6.07) is 17.4. The maximum absolute atomic E-state index is 5.72. The number of rotatable bonds is 3. The fourth-order valence-electron chi connectivity index (χ4n) is 1.46. The fourth-order valence-corrected chi connectivity index (χ4v) is 1.74. The molecule has 2 rings (SSSR count). The molecule has 2 heteroatoms. The van der Waals surface area contributed by atoms with Crippen LogP contribution in [0.1, 0.15) is 10.4 Å². The lowest BCUT2D eigenvalue weighted by Gasteiger charge is -2.08. The molecule has 0 N–H and O–H groups in total. The molecule has 1 unspecified atom stereocenters. The Morgan fingerprint density at radius 2 is 1.71 bits per heavy atom. The van der Waals surface area contributed by atoms with Crippen molar-refractivity contribution in [3.05, 3.63) is 60.2 Å². The lowest BCUT2D eigenvalue weighted by atomic mass is 10.1. The van der Waals surface area contributed by atoms with Gasteiger partial charge in [0.05, 0.1) is 0 Å². The average Bonchev–Trinajstić information content (AvgIpc) is 2.39. The van der Waals surface area contributed by atoms with Crippen LogP contribution in [0.2, 0.25) is 0 Å². The van der Waals surface area contributed by atoms with Gasteiger partial charge in [-0.2, -0.15) is 0 Å². The monoisotopic (exact) mass is 286 g/mol. The van der Waals surface area contributed by atoms with E-state index in [1.54, 1.807) is 0 Å². The number of para-hydroxylation sites is 1. The lowest BCUT2D eigenvalue weighted by Crippen LogP contribution is -1.88. The van der Waals surface area contributed by atoms with E-state index in [2.05, 4.69) is 21.9 Å². The van der Waals surface area contributed by atoms with Crippen LogP contribution in [0.3, 0.4) is 0 Å². The van der Waals surface area contributed by atoms with Crippen LogP contribution < -0.4 is 4.74 Å². The minimum atomic E-state index is -0.0816. The van der Waals surface area contributed by atoms with Crippen LogP contribution in [0.5, 0.6) is 11.5 Å². The van der Waals surface area contributed by atoms with Crippen molar-refractivity contribution < 1.29 is 4.74 Å². The largest absolute Gasteiger partial charge is 0.457 e. The van der Waals surface area contributed by atoms with Gasteiger partial charge in [-0.3, -0.25) is 0 Å². The zero-order chi connectivity index (χ0) is 12.1. The molecule has 1 nitrogen and oxygen atoms in total. The molecule has 2 aromatic carbocycles. The summed E-state index contributed by atoms with van der Waals surface area (Å²) in [6.07, 6.45) is 5.37. The topological polar surface area (TPSA) is 9.23 Å². The molecule has 0 spiro atoms. The highest BCUT2D eigenvalue weighted by molar-refractivity contribution is 9.09. The predicted molar refractivity (Wildman–Crippen MR) is 73.5 cm³/mol. The molecule has 0 heterocycles. The second-order valence-electron chi connectivity index (χ2n) is 3.52. The van der Waals surface area contributed by atoms with Crippen molar-refractivity contribution in [2.75, 3.05) is 0 Å². The Morgan fingerprint density at radius 1 is 1.00 bits per heavy atom. The van der Waals surface area contributed by atoms with Crippen LogP contribution in [0, 0.1) is 12.3 Å². The molecule has 0 saturated heterocycles. The molecule has 0 radical (unpaired) electrons. The van der Waals surface area contributed by atoms with Crippen molar-refractivity contribution >= 4 is 15.9 Å². The third-order valence-electron chi connectivity index (χ3n) is 2.28. The van der Waals surface area contributed by atoms with E-state index in [9.17, 15) is 0 Å². The van der Waals surface area contributed by atoms with E-state index in [4.69, 9.17) is 11.2 Å². The van der Waals surface area contributed by atoms with Gasteiger partial charge >= 0.3 is 0 Å². The van der Waals surface area contributed by atoms with Crippen LogP contribution in [-0.4, -0.2) is 0 Å². The van der Waals surface area contributed by atoms with Gasteiger partial charge in [0, 0.05) is 0 Å². The fraction of sp³-hybridized carbons (Fsp3) is 0.0667. The van der Waals surface area contributed by atoms with Crippen molar-refractivity contribution in [1.82, 2.24) is 0 Å². The number of ether oxygens (including phenoxy) is 1. The van der Waals surface area contributed by atoms with E-state index in [0.717, 1.165) is 17.1 Å². The summed E-state index contributed by atoms with van der Waals surface area (Å²) >= 11 is 3.41. The molecule has 0 aromatic heterocycles. The first kappa shape index (κ1) is 11.8. The van der Waals surface area contributed by atoms with Gasteiger partial charge < -0.3 is 4.74 Å². The van der Waals surface area contributed by atoms with Crippen LogP contribution >= 0.6 is 15.9 Å². The quantitative estimate of drug-likeness (QED) is 0.594. The zero-order valence-electron chi connectivity index (χ0n) is 9.14. The maximum atomic E-state index is 5.72. The Morgan fingerprint density at radius 3 is 2.41 bits per heavy atom. The molecule has 0 aliphatic heterocycles. The first-order chi connectivity index (χ1) is 8.29. The predicted octanol–water partition coefficient (Wildman–Crippen LogP) is 4.55. The Kier molecular flexibility index (Phi) is 3.85. The molecule has 0 amide bonds. The number of hydrogen-bond acceptors (Lipinski definition) is 1. The molecule has 0 aliphatic carbocycles. The summed E-state index contributed by atoms with van der Waals surface area (Å²) < 4.78 is 5.72. The first-order valence-electron chi connectivity index (χ1n) is 5.22. The van der Waals surface area contributed by atoms with E-state index in [1.807, 2.05) is 54.6 Å². The summed E-state index contributed by atoms with van der Waals surface area (Å²) in [6.45, 7) is 0. The third-order valence-corrected chi connectivity index (χ3v) is 3.07. The molecule has 2 aromatic rings. The van der Waals surface area contributed by atoms with E-state index < -0.39 is 0 Å². The first-order valence-corrected chi connectivity index (χ1v) is 6.14. The van der Waals surface area contributed by atoms with Gasteiger partial charge in [0.15, 0.2) is 0 Å². The van der Waals surface area contributed by atoms with E-state index >= 15 is 0 Å². The number of halogens is 1. The Labute approximate surface area is 110 Å². The van der Waals surface area contributed by atoms with Gasteiger partial charge in [0.1, 0.15) is 16.3 Å². The molecule has 0 fully saturated rings. The van der Waals surface area contributed by atoms with Crippen LogP contribution in [0.4, 0.5) is 0 Å². The summed E-state index contributed by atoms with van der Waals surface area (Å²) in [4.78, 5) is -0.0816. The Hall–Kier alpha value is -1.72. The molecule has 0 bridgehead atoms. The molecular weight excluding hydrogens is 276 g/mol. The van der Waals surface area contributed by atoms with Crippen LogP contribution in [0.15, 0.2) is 54.6 Å². The number of terminal acetylenes is 1. The molecule has 17 heavy (non-hydrogen) atoms. The summed E-state index contributed by atoms with van der Waals surface area (Å²) in [5.74, 6) is 4.24. The Bertz CT molecular complexity index is 528. The van der Waals surface area contributed by atoms with Gasteiger partial charge in [0.25, 0.3) is 0 Å². The summed E-state index contributed by atoms with van der Waals surface area (Å²) in [5, 5.41) is 0. The van der Waals surface area contributed by atoms with Gasteiger partial charge in [-0.05, 0) is 29.8 Å². The number of alkyl halides is 1. The highest BCUT2D eigenvalue weighted by Crippen LogP contribution is 2.27. The second-order valence-corrected chi connectivity index (χ2v) is 4.43. The van der Waals surface area contributed by atoms with Crippen LogP contribution in [0.25, 0.3) is 0 Å². The number of hydrogen-bond donors (Lipinski definition) is 0. The molecular formula is C15H11BrO. The van der Waals surface area contributed by atoms with Gasteiger partial charge in [0.2, 0.25) is 0 Å². The van der Waals surface area contributed by atoms with Crippen molar-refractivity contribution in [1.29, 1.82) is 0 Å². The standard InChI is InChI=1S/C15H11BrO/c1-2-15(16)12-7-6-10-14(11-12)17-13-8-4-3-5-9-13/h1,3-11,15H. The Balaban J connectivity index is 2.20. The third kappa shape index (κ3) is 3.12. The second kappa shape index (κ2) is 5.56. The minimum absolute atomic E-state index is 0.0816. The van der Waals surface area contributed by atoms with E-state index in [-0.39, 0.29) is 4.83 Å². The highest BCUT2D eigenvalue weighted by atomic mass is 79.9. The highest BCUT2D eigenvalue weighted by Gasteiger charge is 2.04. The van der Waals surface area contributed by atoms with Crippen molar-refractivity contribution in [2.24, 2.45) is 0 Å². The minimum Gasteiger partial charge on any atom is -0.457 e. The van der Waals surface area contributed by atoms with Crippen molar-refractivity contribution in [3.63, 3.8) is 0 Å². The van der Waals surface area contributed by atoms with E-state index in [1.165, 1.54) is 0 Å². The SMILES string of the molecule is C#CC(Br)c1cccc(Oc2ccccc2)c1. The average molecular weight is 287 g/mol. The zero-order valence-corrected chi connectivity index (χ0v) is 10.7. The smallest absolute Gasteiger partial charge is 0.127 e.